The summed E-state index contributed by atoms with van der Waals surface area (Å²) in [5.74, 6) is 1.01. The quantitative estimate of drug-likeness (QED) is 0.722. The van der Waals surface area contributed by atoms with Crippen molar-refractivity contribution < 1.29 is 15.3 Å². The van der Waals surface area contributed by atoms with Crippen LogP contribution in [0.2, 0.25) is 0 Å². The number of phenols is 2. The van der Waals surface area contributed by atoms with E-state index in [0.717, 1.165) is 24.6 Å². The summed E-state index contributed by atoms with van der Waals surface area (Å²) < 4.78 is 0. The Morgan fingerprint density at radius 1 is 1.23 bits per heavy atom. The molecule has 0 amide bonds. The first-order valence-electron chi connectivity index (χ1n) is 8.52. The van der Waals surface area contributed by atoms with E-state index in [1.165, 1.54) is 38.2 Å². The fourth-order valence-electron chi connectivity index (χ4n) is 3.52. The highest BCUT2D eigenvalue weighted by Gasteiger charge is 2.27. The molecular weight excluding hydrogens is 278 g/mol. The van der Waals surface area contributed by atoms with Gasteiger partial charge in [0, 0.05) is 24.3 Å². The summed E-state index contributed by atoms with van der Waals surface area (Å²) in [4.78, 5) is 2.37. The van der Waals surface area contributed by atoms with Gasteiger partial charge in [-0.1, -0.05) is 32.3 Å². The Kier molecular flexibility index (Phi) is 6.52. The van der Waals surface area contributed by atoms with Crippen molar-refractivity contribution in [2.24, 2.45) is 5.92 Å². The first kappa shape index (κ1) is 17.1. The van der Waals surface area contributed by atoms with E-state index in [1.807, 2.05) is 0 Å². The van der Waals surface area contributed by atoms with Crippen LogP contribution in [-0.4, -0.2) is 39.9 Å². The average molecular weight is 307 g/mol. The molecule has 1 fully saturated rings. The van der Waals surface area contributed by atoms with Gasteiger partial charge in [0.2, 0.25) is 0 Å². The SMILES string of the molecule is CCCCC1CCN(C(CCO)c2ccc(O)cc2O)CC1. The van der Waals surface area contributed by atoms with E-state index in [4.69, 9.17) is 0 Å². The minimum atomic E-state index is 0.0257. The Labute approximate surface area is 133 Å². The number of aliphatic hydroxyl groups excluding tert-OH is 1. The number of nitrogens with zero attached hydrogens (tertiary/aromatic N) is 1. The van der Waals surface area contributed by atoms with Crippen LogP contribution in [-0.2, 0) is 0 Å². The molecule has 0 aliphatic carbocycles. The van der Waals surface area contributed by atoms with E-state index in [1.54, 1.807) is 12.1 Å². The van der Waals surface area contributed by atoms with Gasteiger partial charge in [-0.25, -0.2) is 0 Å². The monoisotopic (exact) mass is 307 g/mol. The van der Waals surface area contributed by atoms with Crippen LogP contribution in [0.3, 0.4) is 0 Å². The number of hydrogen-bond donors (Lipinski definition) is 3. The van der Waals surface area contributed by atoms with Crippen molar-refractivity contribution in [3.8, 4) is 11.5 Å². The zero-order chi connectivity index (χ0) is 15.9. The van der Waals surface area contributed by atoms with Crippen LogP contribution in [0.1, 0.15) is 57.1 Å². The van der Waals surface area contributed by atoms with Crippen LogP contribution < -0.4 is 0 Å². The number of phenolic OH excluding ortho intramolecular Hbond substituents is 2. The molecule has 1 aliphatic rings. The second kappa shape index (κ2) is 8.39. The molecule has 0 aromatic heterocycles. The second-order valence-corrected chi connectivity index (χ2v) is 6.39. The molecule has 2 rings (SSSR count). The van der Waals surface area contributed by atoms with Gasteiger partial charge < -0.3 is 15.3 Å². The highest BCUT2D eigenvalue weighted by molar-refractivity contribution is 5.40. The number of aromatic hydroxyl groups is 2. The molecule has 1 heterocycles. The van der Waals surface area contributed by atoms with Gasteiger partial charge in [0.15, 0.2) is 0 Å². The van der Waals surface area contributed by atoms with E-state index >= 15 is 0 Å². The maximum Gasteiger partial charge on any atom is 0.124 e. The third-order valence-electron chi connectivity index (χ3n) is 4.83. The molecule has 0 spiro atoms. The molecule has 0 bridgehead atoms. The summed E-state index contributed by atoms with van der Waals surface area (Å²) in [6.45, 7) is 4.36. The first-order valence-corrected chi connectivity index (χ1v) is 8.52. The Bertz CT molecular complexity index is 456. The van der Waals surface area contributed by atoms with Crippen molar-refractivity contribution in [3.63, 3.8) is 0 Å². The third kappa shape index (κ3) is 4.37. The standard InChI is InChI=1S/C18H29NO3/c1-2-3-4-14-7-10-19(11-8-14)17(9-12-20)16-6-5-15(21)13-18(16)22/h5-6,13-14,17,20-22H,2-4,7-12H2,1H3. The van der Waals surface area contributed by atoms with E-state index < -0.39 is 0 Å². The van der Waals surface area contributed by atoms with Crippen LogP contribution >= 0.6 is 0 Å². The topological polar surface area (TPSA) is 63.9 Å². The van der Waals surface area contributed by atoms with Crippen molar-refractivity contribution in [1.82, 2.24) is 4.90 Å². The van der Waals surface area contributed by atoms with Crippen molar-refractivity contribution in [3.05, 3.63) is 23.8 Å². The summed E-state index contributed by atoms with van der Waals surface area (Å²) in [5, 5.41) is 29.0. The zero-order valence-electron chi connectivity index (χ0n) is 13.5. The number of hydrogen-bond acceptors (Lipinski definition) is 4. The molecule has 1 aromatic rings. The minimum absolute atomic E-state index is 0.0257. The molecule has 0 radical (unpaired) electrons. The molecule has 1 aromatic carbocycles. The Balaban J connectivity index is 2.03. The number of benzene rings is 1. The largest absolute Gasteiger partial charge is 0.508 e. The van der Waals surface area contributed by atoms with Gasteiger partial charge in [-0.2, -0.15) is 0 Å². The van der Waals surface area contributed by atoms with Gasteiger partial charge in [-0.3, -0.25) is 4.90 Å². The first-order chi connectivity index (χ1) is 10.7. The summed E-state index contributed by atoms with van der Waals surface area (Å²) in [6, 6.07) is 4.78. The van der Waals surface area contributed by atoms with E-state index in [0.29, 0.717) is 6.42 Å². The lowest BCUT2D eigenvalue weighted by Crippen LogP contribution is -2.37. The molecular formula is C18H29NO3. The van der Waals surface area contributed by atoms with Gasteiger partial charge in [-0.15, -0.1) is 0 Å². The Morgan fingerprint density at radius 3 is 2.55 bits per heavy atom. The zero-order valence-corrected chi connectivity index (χ0v) is 13.5. The maximum atomic E-state index is 10.1. The van der Waals surface area contributed by atoms with E-state index in [2.05, 4.69) is 11.8 Å². The Hall–Kier alpha value is -1.26. The highest BCUT2D eigenvalue weighted by atomic mass is 16.3. The fraction of sp³-hybridized carbons (Fsp3) is 0.667. The van der Waals surface area contributed by atoms with Crippen molar-refractivity contribution in [2.75, 3.05) is 19.7 Å². The molecule has 3 N–H and O–H groups in total. The molecule has 0 saturated carbocycles. The molecule has 1 saturated heterocycles. The van der Waals surface area contributed by atoms with Crippen molar-refractivity contribution in [1.29, 1.82) is 0 Å². The summed E-state index contributed by atoms with van der Waals surface area (Å²) in [6.07, 6.45) is 6.89. The molecule has 22 heavy (non-hydrogen) atoms. The van der Waals surface area contributed by atoms with Crippen LogP contribution in [0.5, 0.6) is 11.5 Å². The van der Waals surface area contributed by atoms with Crippen LogP contribution in [0.25, 0.3) is 0 Å². The molecule has 1 aliphatic heterocycles. The smallest absolute Gasteiger partial charge is 0.124 e. The molecule has 4 heteroatoms. The van der Waals surface area contributed by atoms with E-state index in [9.17, 15) is 15.3 Å². The summed E-state index contributed by atoms with van der Waals surface area (Å²) in [5.41, 5.74) is 0.804. The molecule has 1 unspecified atom stereocenters. The normalized spacial score (nSPS) is 18.5. The van der Waals surface area contributed by atoms with Gasteiger partial charge >= 0.3 is 0 Å². The van der Waals surface area contributed by atoms with Gasteiger partial charge in [-0.05, 0) is 44.3 Å². The number of unbranched alkanes of at least 4 members (excludes halogenated alkanes) is 1. The highest BCUT2D eigenvalue weighted by Crippen LogP contribution is 2.36. The number of likely N-dealkylation sites (tertiary alicyclic amines) is 1. The minimum Gasteiger partial charge on any atom is -0.508 e. The fourth-order valence-corrected chi connectivity index (χ4v) is 3.52. The number of piperidine rings is 1. The van der Waals surface area contributed by atoms with E-state index in [-0.39, 0.29) is 24.1 Å². The van der Waals surface area contributed by atoms with Gasteiger partial charge in [0.1, 0.15) is 11.5 Å². The molecule has 1 atom stereocenters. The van der Waals surface area contributed by atoms with Crippen LogP contribution in [0.15, 0.2) is 18.2 Å². The average Bonchev–Trinajstić information content (AvgIpc) is 2.52. The lowest BCUT2D eigenvalue weighted by atomic mass is 9.89. The molecule has 4 nitrogen and oxygen atoms in total. The van der Waals surface area contributed by atoms with Crippen molar-refractivity contribution in [2.45, 2.75) is 51.5 Å². The van der Waals surface area contributed by atoms with Crippen LogP contribution in [0.4, 0.5) is 0 Å². The number of aliphatic hydroxyl groups is 1. The number of rotatable bonds is 7. The molecule has 124 valence electrons. The second-order valence-electron chi connectivity index (χ2n) is 6.39. The van der Waals surface area contributed by atoms with Gasteiger partial charge in [0.05, 0.1) is 0 Å². The predicted molar refractivity (Wildman–Crippen MR) is 88.0 cm³/mol. The maximum absolute atomic E-state index is 10.1. The third-order valence-corrected chi connectivity index (χ3v) is 4.83. The van der Waals surface area contributed by atoms with Gasteiger partial charge in [0.25, 0.3) is 0 Å². The summed E-state index contributed by atoms with van der Waals surface area (Å²) in [7, 11) is 0. The summed E-state index contributed by atoms with van der Waals surface area (Å²) >= 11 is 0. The van der Waals surface area contributed by atoms with Crippen LogP contribution in [0, 0.1) is 5.92 Å². The Morgan fingerprint density at radius 2 is 1.95 bits per heavy atom. The van der Waals surface area contributed by atoms with Crippen molar-refractivity contribution >= 4 is 0 Å². The predicted octanol–water partition coefficient (Wildman–Crippen LogP) is 3.42. The lowest BCUT2D eigenvalue weighted by molar-refractivity contribution is 0.106. The lowest BCUT2D eigenvalue weighted by Gasteiger charge is -2.38.